The number of rotatable bonds is 0. The average molecular weight is 307 g/mol. The van der Waals surface area contributed by atoms with Crippen LogP contribution in [0.5, 0.6) is 0 Å². The molecule has 0 saturated carbocycles. The molecule has 0 bridgehead atoms. The van der Waals surface area contributed by atoms with E-state index in [1.807, 2.05) is 0 Å². The van der Waals surface area contributed by atoms with Gasteiger partial charge in [-0.05, 0) is 40.2 Å². The Labute approximate surface area is 140 Å². The van der Waals surface area contributed by atoms with Crippen LogP contribution in [0.25, 0.3) is 17.0 Å². The summed E-state index contributed by atoms with van der Waals surface area (Å²) in [7, 11) is 2.20. The number of nitrogens with zero attached hydrogens (tertiary/aromatic N) is 1. The quantitative estimate of drug-likeness (QED) is 0.561. The molecule has 0 saturated heterocycles. The van der Waals surface area contributed by atoms with Gasteiger partial charge in [0.25, 0.3) is 0 Å². The number of fused-ring (bicyclic) bond motifs is 3. The van der Waals surface area contributed by atoms with Gasteiger partial charge in [-0.15, -0.1) is 0 Å². The minimum absolute atomic E-state index is 0.169. The third-order valence-electron chi connectivity index (χ3n) is 5.00. The van der Waals surface area contributed by atoms with Crippen molar-refractivity contribution in [2.24, 2.45) is 12.5 Å². The van der Waals surface area contributed by atoms with Crippen LogP contribution < -0.4 is 0 Å². The Bertz CT molecular complexity index is 814. The van der Waals surface area contributed by atoms with Crippen LogP contribution in [0.1, 0.15) is 58.4 Å². The van der Waals surface area contributed by atoms with E-state index in [4.69, 9.17) is 0 Å². The van der Waals surface area contributed by atoms with Gasteiger partial charge in [-0.25, -0.2) is 0 Å². The van der Waals surface area contributed by atoms with Crippen LogP contribution in [0, 0.1) is 5.41 Å². The van der Waals surface area contributed by atoms with Gasteiger partial charge in [-0.2, -0.15) is 0 Å². The first-order valence-corrected chi connectivity index (χ1v) is 8.59. The van der Waals surface area contributed by atoms with Crippen molar-refractivity contribution in [3.63, 3.8) is 0 Å². The lowest BCUT2D eigenvalue weighted by atomic mass is 9.84. The van der Waals surface area contributed by atoms with Crippen molar-refractivity contribution in [2.45, 2.75) is 53.4 Å². The maximum Gasteiger partial charge on any atom is 0.0486 e. The normalized spacial score (nSPS) is 15.5. The van der Waals surface area contributed by atoms with Crippen molar-refractivity contribution in [1.82, 2.24) is 4.57 Å². The van der Waals surface area contributed by atoms with Crippen molar-refractivity contribution >= 4 is 17.0 Å². The Morgan fingerprint density at radius 2 is 1.65 bits per heavy atom. The zero-order chi connectivity index (χ0) is 17.0. The third kappa shape index (κ3) is 2.78. The molecule has 1 nitrogen and oxygen atoms in total. The van der Waals surface area contributed by atoms with Gasteiger partial charge in [0.2, 0.25) is 0 Å². The first-order chi connectivity index (χ1) is 10.6. The van der Waals surface area contributed by atoms with Crippen LogP contribution in [0.2, 0.25) is 0 Å². The maximum atomic E-state index is 2.41. The van der Waals surface area contributed by atoms with Gasteiger partial charge < -0.3 is 4.57 Å². The molecule has 1 aromatic heterocycles. The molecule has 1 aromatic carbocycles. The molecule has 0 spiro atoms. The standard InChI is InChI=1S/C22H29N/c1-21(2,3)15-9-8-10-19-17(13-15)18-14-16(22(4,5)6)11-12-20(18)23(19)7/h8-9,11-14H,10H2,1-7H3. The molecule has 23 heavy (non-hydrogen) atoms. The van der Waals surface area contributed by atoms with Crippen LogP contribution in [0.15, 0.2) is 35.9 Å². The van der Waals surface area contributed by atoms with Crippen molar-refractivity contribution in [3.8, 4) is 0 Å². The molecule has 1 aliphatic carbocycles. The van der Waals surface area contributed by atoms with Gasteiger partial charge in [0, 0.05) is 35.6 Å². The zero-order valence-corrected chi connectivity index (χ0v) is 15.6. The molecule has 1 heteroatoms. The van der Waals surface area contributed by atoms with Gasteiger partial charge in [-0.1, -0.05) is 59.8 Å². The smallest absolute Gasteiger partial charge is 0.0486 e. The van der Waals surface area contributed by atoms with Crippen molar-refractivity contribution in [2.75, 3.05) is 0 Å². The van der Waals surface area contributed by atoms with E-state index in [-0.39, 0.29) is 10.8 Å². The Hall–Kier alpha value is -1.76. The van der Waals surface area contributed by atoms with E-state index in [1.54, 1.807) is 0 Å². The second-order valence-corrected chi connectivity index (χ2v) is 8.86. The first kappa shape index (κ1) is 16.1. The van der Waals surface area contributed by atoms with Gasteiger partial charge in [0.05, 0.1) is 0 Å². The number of hydrogen-bond acceptors (Lipinski definition) is 0. The van der Waals surface area contributed by atoms with Crippen LogP contribution in [0.4, 0.5) is 0 Å². The molecule has 1 aliphatic rings. The fourth-order valence-corrected chi connectivity index (χ4v) is 3.37. The molecule has 0 radical (unpaired) electrons. The monoisotopic (exact) mass is 307 g/mol. The summed E-state index contributed by atoms with van der Waals surface area (Å²) >= 11 is 0. The fourth-order valence-electron chi connectivity index (χ4n) is 3.37. The van der Waals surface area contributed by atoms with Gasteiger partial charge in [0.1, 0.15) is 0 Å². The molecule has 0 atom stereocenters. The third-order valence-corrected chi connectivity index (χ3v) is 5.00. The number of aryl methyl sites for hydroxylation is 1. The topological polar surface area (TPSA) is 4.93 Å². The molecule has 0 amide bonds. The highest BCUT2D eigenvalue weighted by molar-refractivity contribution is 5.93. The number of aromatic nitrogens is 1. The highest BCUT2D eigenvalue weighted by Gasteiger charge is 2.22. The minimum Gasteiger partial charge on any atom is -0.347 e. The predicted molar refractivity (Wildman–Crippen MR) is 102 cm³/mol. The van der Waals surface area contributed by atoms with Crippen LogP contribution >= 0.6 is 0 Å². The summed E-state index contributed by atoms with van der Waals surface area (Å²) < 4.78 is 2.36. The van der Waals surface area contributed by atoms with E-state index < -0.39 is 0 Å². The lowest BCUT2D eigenvalue weighted by molar-refractivity contribution is 0.520. The average Bonchev–Trinajstić information content (AvgIpc) is 2.62. The van der Waals surface area contributed by atoms with E-state index in [9.17, 15) is 0 Å². The summed E-state index contributed by atoms with van der Waals surface area (Å²) in [5.41, 5.74) is 7.32. The molecule has 0 N–H and O–H groups in total. The Morgan fingerprint density at radius 1 is 0.957 bits per heavy atom. The lowest BCUT2D eigenvalue weighted by Gasteiger charge is -2.20. The van der Waals surface area contributed by atoms with Crippen LogP contribution in [0.3, 0.4) is 0 Å². The summed E-state index contributed by atoms with van der Waals surface area (Å²) in [6, 6.07) is 6.97. The Balaban J connectivity index is 2.31. The highest BCUT2D eigenvalue weighted by atomic mass is 14.9. The molecule has 0 fully saturated rings. The summed E-state index contributed by atoms with van der Waals surface area (Å²) in [6.07, 6.45) is 8.03. The lowest BCUT2D eigenvalue weighted by Crippen LogP contribution is -2.10. The van der Waals surface area contributed by atoms with Gasteiger partial charge in [0.15, 0.2) is 0 Å². The molecule has 3 rings (SSSR count). The van der Waals surface area contributed by atoms with Crippen LogP contribution in [-0.2, 0) is 18.9 Å². The van der Waals surface area contributed by atoms with Crippen molar-refractivity contribution < 1.29 is 0 Å². The summed E-state index contributed by atoms with van der Waals surface area (Å²) in [6.45, 7) is 13.7. The Kier molecular flexibility index (Phi) is 3.59. The molecule has 0 aliphatic heterocycles. The first-order valence-electron chi connectivity index (χ1n) is 8.59. The maximum absolute atomic E-state index is 2.41. The number of benzene rings is 1. The highest BCUT2D eigenvalue weighted by Crippen LogP contribution is 2.37. The van der Waals surface area contributed by atoms with E-state index in [2.05, 4.69) is 89.6 Å². The van der Waals surface area contributed by atoms with Gasteiger partial charge >= 0.3 is 0 Å². The molecule has 122 valence electrons. The number of hydrogen-bond donors (Lipinski definition) is 0. The minimum atomic E-state index is 0.169. The summed E-state index contributed by atoms with van der Waals surface area (Å²) in [4.78, 5) is 0. The largest absolute Gasteiger partial charge is 0.347 e. The summed E-state index contributed by atoms with van der Waals surface area (Å²) in [5, 5.41) is 1.39. The Morgan fingerprint density at radius 3 is 2.26 bits per heavy atom. The molecule has 1 heterocycles. The van der Waals surface area contributed by atoms with E-state index >= 15 is 0 Å². The number of allylic oxidation sites excluding steroid dienone is 3. The van der Waals surface area contributed by atoms with Crippen molar-refractivity contribution in [3.05, 3.63) is 52.7 Å². The fraction of sp³-hybridized carbons (Fsp3) is 0.455. The molecular weight excluding hydrogens is 278 g/mol. The molecular formula is C22H29N. The molecule has 0 unspecified atom stereocenters. The van der Waals surface area contributed by atoms with Gasteiger partial charge in [-0.3, -0.25) is 0 Å². The SMILES string of the molecule is Cn1c2c(c3cc(C(C)(C)C)ccc31)C=C(C(C)(C)C)C=CC2. The second-order valence-electron chi connectivity index (χ2n) is 8.86. The zero-order valence-electron chi connectivity index (χ0n) is 15.6. The van der Waals surface area contributed by atoms with Crippen molar-refractivity contribution in [1.29, 1.82) is 0 Å². The van der Waals surface area contributed by atoms with E-state index in [0.29, 0.717) is 0 Å². The van der Waals surface area contributed by atoms with Crippen LogP contribution in [-0.4, -0.2) is 4.57 Å². The summed E-state index contributed by atoms with van der Waals surface area (Å²) in [5.74, 6) is 0. The van der Waals surface area contributed by atoms with E-state index in [1.165, 1.54) is 33.3 Å². The molecule has 2 aromatic rings. The second kappa shape index (κ2) is 5.12. The van der Waals surface area contributed by atoms with E-state index in [0.717, 1.165) is 6.42 Å². The predicted octanol–water partition coefficient (Wildman–Crippen LogP) is 6.02.